The standard InChI is InChI=1S/C12H12N4OS/c13-16-12(17)10-5-3-4-9(15-10)8-18-11-6-1-2-7-14-11/h1-7H,8,13H2,(H,16,17). The van der Waals surface area contributed by atoms with Crippen LogP contribution in [-0.4, -0.2) is 15.9 Å². The Morgan fingerprint density at radius 3 is 2.89 bits per heavy atom. The summed E-state index contributed by atoms with van der Waals surface area (Å²) in [7, 11) is 0. The molecule has 0 bridgehead atoms. The van der Waals surface area contributed by atoms with E-state index < -0.39 is 0 Å². The molecule has 2 heterocycles. The van der Waals surface area contributed by atoms with Gasteiger partial charge >= 0.3 is 0 Å². The van der Waals surface area contributed by atoms with Crippen molar-refractivity contribution in [2.45, 2.75) is 10.8 Å². The molecule has 0 aliphatic rings. The third-order valence-electron chi connectivity index (χ3n) is 2.18. The second-order valence-corrected chi connectivity index (χ2v) is 4.44. The van der Waals surface area contributed by atoms with Gasteiger partial charge < -0.3 is 0 Å². The third kappa shape index (κ3) is 3.28. The van der Waals surface area contributed by atoms with Crippen molar-refractivity contribution in [1.82, 2.24) is 15.4 Å². The lowest BCUT2D eigenvalue weighted by molar-refractivity contribution is 0.0948. The van der Waals surface area contributed by atoms with Gasteiger partial charge in [0, 0.05) is 11.9 Å². The molecule has 0 aliphatic heterocycles. The van der Waals surface area contributed by atoms with Crippen molar-refractivity contribution in [3.63, 3.8) is 0 Å². The fourth-order valence-electron chi connectivity index (χ4n) is 1.34. The summed E-state index contributed by atoms with van der Waals surface area (Å²) >= 11 is 1.56. The maximum Gasteiger partial charge on any atom is 0.283 e. The molecule has 5 nitrogen and oxygen atoms in total. The minimum absolute atomic E-state index is 0.316. The smallest absolute Gasteiger partial charge is 0.283 e. The van der Waals surface area contributed by atoms with Crippen LogP contribution in [-0.2, 0) is 5.75 Å². The van der Waals surface area contributed by atoms with Crippen LogP contribution in [0.4, 0.5) is 0 Å². The first kappa shape index (κ1) is 12.5. The van der Waals surface area contributed by atoms with Crippen LogP contribution in [0.25, 0.3) is 0 Å². The Labute approximate surface area is 109 Å². The first-order valence-corrected chi connectivity index (χ1v) is 6.29. The predicted octanol–water partition coefficient (Wildman–Crippen LogP) is 1.37. The lowest BCUT2D eigenvalue weighted by Gasteiger charge is -2.03. The van der Waals surface area contributed by atoms with Gasteiger partial charge in [0.25, 0.3) is 5.91 Å². The maximum atomic E-state index is 11.3. The molecule has 0 saturated heterocycles. The zero-order valence-electron chi connectivity index (χ0n) is 9.54. The molecule has 92 valence electrons. The predicted molar refractivity (Wildman–Crippen MR) is 69.7 cm³/mol. The average Bonchev–Trinajstić information content (AvgIpc) is 2.45. The van der Waals surface area contributed by atoms with Gasteiger partial charge in [-0.15, -0.1) is 11.8 Å². The molecular weight excluding hydrogens is 248 g/mol. The van der Waals surface area contributed by atoms with Crippen molar-refractivity contribution in [1.29, 1.82) is 0 Å². The lowest BCUT2D eigenvalue weighted by atomic mass is 10.3. The van der Waals surface area contributed by atoms with E-state index in [1.165, 1.54) is 0 Å². The zero-order chi connectivity index (χ0) is 12.8. The minimum atomic E-state index is -0.389. The summed E-state index contributed by atoms with van der Waals surface area (Å²) in [5.41, 5.74) is 3.19. The highest BCUT2D eigenvalue weighted by molar-refractivity contribution is 7.98. The molecule has 2 aromatic rings. The van der Waals surface area contributed by atoms with Crippen LogP contribution in [0.5, 0.6) is 0 Å². The van der Waals surface area contributed by atoms with Gasteiger partial charge in [0.2, 0.25) is 0 Å². The van der Waals surface area contributed by atoms with Crippen molar-refractivity contribution < 1.29 is 4.79 Å². The van der Waals surface area contributed by atoms with Crippen molar-refractivity contribution in [3.05, 3.63) is 54.0 Å². The first-order chi connectivity index (χ1) is 8.79. The van der Waals surface area contributed by atoms with E-state index in [1.54, 1.807) is 30.1 Å². The number of hydrazine groups is 1. The van der Waals surface area contributed by atoms with E-state index in [4.69, 9.17) is 5.84 Å². The normalized spacial score (nSPS) is 10.1. The summed E-state index contributed by atoms with van der Waals surface area (Å²) in [5.74, 6) is 5.33. The average molecular weight is 260 g/mol. The van der Waals surface area contributed by atoms with Crippen LogP contribution in [0.2, 0.25) is 0 Å². The van der Waals surface area contributed by atoms with Crippen LogP contribution >= 0.6 is 11.8 Å². The number of hydrogen-bond acceptors (Lipinski definition) is 5. The topological polar surface area (TPSA) is 80.9 Å². The van der Waals surface area contributed by atoms with Crippen LogP contribution < -0.4 is 11.3 Å². The number of nitrogens with one attached hydrogen (secondary N) is 1. The van der Waals surface area contributed by atoms with Crippen LogP contribution in [0, 0.1) is 0 Å². The Kier molecular flexibility index (Phi) is 4.27. The van der Waals surface area contributed by atoms with Crippen LogP contribution in [0.15, 0.2) is 47.6 Å². The van der Waals surface area contributed by atoms with E-state index in [-0.39, 0.29) is 5.91 Å². The Hall–Kier alpha value is -1.92. The fourth-order valence-corrected chi connectivity index (χ4v) is 2.11. The van der Waals surface area contributed by atoms with Gasteiger partial charge in [-0.1, -0.05) is 12.1 Å². The molecule has 0 saturated carbocycles. The fraction of sp³-hybridized carbons (Fsp3) is 0.0833. The third-order valence-corrected chi connectivity index (χ3v) is 3.15. The Bertz CT molecular complexity index is 533. The van der Waals surface area contributed by atoms with E-state index >= 15 is 0 Å². The molecule has 2 rings (SSSR count). The van der Waals surface area contributed by atoms with Gasteiger partial charge in [0.05, 0.1) is 10.7 Å². The number of nitrogens with zero attached hydrogens (tertiary/aromatic N) is 2. The van der Waals surface area contributed by atoms with E-state index in [2.05, 4.69) is 15.4 Å². The Morgan fingerprint density at radius 2 is 2.17 bits per heavy atom. The molecule has 0 aliphatic carbocycles. The Morgan fingerprint density at radius 1 is 1.28 bits per heavy atom. The summed E-state index contributed by atoms with van der Waals surface area (Å²) in [6, 6.07) is 11.0. The molecule has 0 aromatic carbocycles. The highest BCUT2D eigenvalue weighted by atomic mass is 32.2. The molecule has 18 heavy (non-hydrogen) atoms. The number of nitrogen functional groups attached to an aromatic ring is 1. The number of carbonyl (C=O) groups is 1. The monoisotopic (exact) mass is 260 g/mol. The number of carbonyl (C=O) groups excluding carboxylic acids is 1. The van der Waals surface area contributed by atoms with Crippen LogP contribution in [0.3, 0.4) is 0 Å². The van der Waals surface area contributed by atoms with Gasteiger partial charge in [0.15, 0.2) is 0 Å². The SMILES string of the molecule is NNC(=O)c1cccc(CSc2ccccn2)n1. The largest absolute Gasteiger partial charge is 0.289 e. The van der Waals surface area contributed by atoms with Crippen molar-refractivity contribution in [3.8, 4) is 0 Å². The van der Waals surface area contributed by atoms with Crippen molar-refractivity contribution in [2.75, 3.05) is 0 Å². The Balaban J connectivity index is 2.04. The summed E-state index contributed by atoms with van der Waals surface area (Å²) < 4.78 is 0. The first-order valence-electron chi connectivity index (χ1n) is 5.30. The summed E-state index contributed by atoms with van der Waals surface area (Å²) in [6.07, 6.45) is 1.74. The molecular formula is C12H12N4OS. The van der Waals surface area contributed by atoms with Gasteiger partial charge in [-0.2, -0.15) is 0 Å². The molecule has 0 radical (unpaired) electrons. The molecule has 0 unspecified atom stereocenters. The lowest BCUT2D eigenvalue weighted by Crippen LogP contribution is -2.30. The van der Waals surface area contributed by atoms with E-state index in [1.807, 2.05) is 24.3 Å². The molecule has 0 atom stereocenters. The van der Waals surface area contributed by atoms with Gasteiger partial charge in [-0.05, 0) is 24.3 Å². The highest BCUT2D eigenvalue weighted by Crippen LogP contribution is 2.19. The minimum Gasteiger partial charge on any atom is -0.289 e. The number of thioether (sulfide) groups is 1. The van der Waals surface area contributed by atoms with Crippen LogP contribution in [0.1, 0.15) is 16.2 Å². The van der Waals surface area contributed by atoms with Crippen molar-refractivity contribution in [2.24, 2.45) is 5.84 Å². The number of amides is 1. The summed E-state index contributed by atoms with van der Waals surface area (Å²) in [4.78, 5) is 19.7. The summed E-state index contributed by atoms with van der Waals surface area (Å²) in [6.45, 7) is 0. The maximum absolute atomic E-state index is 11.3. The molecule has 1 amide bonds. The second-order valence-electron chi connectivity index (χ2n) is 3.44. The van der Waals surface area contributed by atoms with Gasteiger partial charge in [-0.25, -0.2) is 15.8 Å². The number of nitrogens with two attached hydrogens (primary N) is 1. The van der Waals surface area contributed by atoms with E-state index in [0.29, 0.717) is 11.4 Å². The molecule has 0 fully saturated rings. The van der Waals surface area contributed by atoms with Gasteiger partial charge in [0.1, 0.15) is 5.69 Å². The highest BCUT2D eigenvalue weighted by Gasteiger charge is 2.06. The molecule has 6 heteroatoms. The van der Waals surface area contributed by atoms with E-state index in [9.17, 15) is 4.79 Å². The van der Waals surface area contributed by atoms with E-state index in [0.717, 1.165) is 10.7 Å². The van der Waals surface area contributed by atoms with Gasteiger partial charge in [-0.3, -0.25) is 10.2 Å². The quantitative estimate of drug-likeness (QED) is 0.375. The number of pyridine rings is 2. The number of hydrogen-bond donors (Lipinski definition) is 2. The zero-order valence-corrected chi connectivity index (χ0v) is 10.4. The summed E-state index contributed by atoms with van der Waals surface area (Å²) in [5, 5.41) is 0.924. The number of rotatable bonds is 4. The number of aromatic nitrogens is 2. The molecule has 3 N–H and O–H groups in total. The van der Waals surface area contributed by atoms with Crippen molar-refractivity contribution >= 4 is 17.7 Å². The second kappa shape index (κ2) is 6.13. The molecule has 0 spiro atoms. The molecule has 2 aromatic heterocycles.